The molecular formula is C24H19N3O5. The molecule has 3 aromatic carbocycles. The van der Waals surface area contributed by atoms with Gasteiger partial charge in [-0.15, -0.1) is 0 Å². The number of carbonyl (C=O) groups is 2. The molecule has 0 radical (unpaired) electrons. The highest BCUT2D eigenvalue weighted by Gasteiger charge is 2.17. The first kappa shape index (κ1) is 20.8. The fourth-order valence-electron chi connectivity index (χ4n) is 2.93. The standard InChI is InChI=1S/C24H19N3O5/c1-30-18-13-11-16(12-14-18)22-26-21(32-27-22)15-31-24(29)19-9-5-6-10-20(19)25-23(28)17-7-3-2-4-8-17/h2-14H,15H2,1H3,(H,25,28). The number of anilines is 1. The molecule has 0 aliphatic rings. The van der Waals surface area contributed by atoms with Crippen molar-refractivity contribution < 1.29 is 23.6 Å². The first-order valence-electron chi connectivity index (χ1n) is 9.73. The van der Waals surface area contributed by atoms with Gasteiger partial charge in [-0.3, -0.25) is 4.79 Å². The number of para-hydroxylation sites is 1. The number of nitrogens with zero attached hydrogens (tertiary/aromatic N) is 2. The SMILES string of the molecule is COc1ccc(-c2noc(COC(=O)c3ccccc3NC(=O)c3ccccc3)n2)cc1. The molecule has 0 saturated heterocycles. The van der Waals surface area contributed by atoms with Gasteiger partial charge < -0.3 is 19.3 Å². The van der Waals surface area contributed by atoms with E-state index in [1.54, 1.807) is 79.9 Å². The van der Waals surface area contributed by atoms with Crippen LogP contribution in [0.25, 0.3) is 11.4 Å². The summed E-state index contributed by atoms with van der Waals surface area (Å²) in [5.74, 6) is 0.277. The Morgan fingerprint density at radius 2 is 1.66 bits per heavy atom. The maximum Gasteiger partial charge on any atom is 0.340 e. The molecule has 4 rings (SSSR count). The van der Waals surface area contributed by atoms with E-state index in [2.05, 4.69) is 15.5 Å². The summed E-state index contributed by atoms with van der Waals surface area (Å²) in [5.41, 5.74) is 1.77. The van der Waals surface area contributed by atoms with E-state index in [-0.39, 0.29) is 24.0 Å². The molecule has 0 aliphatic carbocycles. The Bertz CT molecular complexity index is 1220. The van der Waals surface area contributed by atoms with Crippen LogP contribution in [0.2, 0.25) is 0 Å². The molecule has 8 nitrogen and oxygen atoms in total. The van der Waals surface area contributed by atoms with Crippen molar-refractivity contribution in [3.8, 4) is 17.1 Å². The van der Waals surface area contributed by atoms with Gasteiger partial charge in [0.25, 0.3) is 11.8 Å². The normalized spacial score (nSPS) is 10.4. The van der Waals surface area contributed by atoms with E-state index in [4.69, 9.17) is 14.0 Å². The number of hydrogen-bond acceptors (Lipinski definition) is 7. The van der Waals surface area contributed by atoms with Crippen molar-refractivity contribution in [3.05, 3.63) is 95.9 Å². The third-order valence-electron chi connectivity index (χ3n) is 4.57. The molecule has 0 bridgehead atoms. The second-order valence-corrected chi connectivity index (χ2v) is 6.68. The minimum Gasteiger partial charge on any atom is -0.497 e. The van der Waals surface area contributed by atoms with Crippen molar-refractivity contribution in [1.29, 1.82) is 0 Å². The zero-order chi connectivity index (χ0) is 22.3. The fraction of sp³-hybridized carbons (Fsp3) is 0.0833. The summed E-state index contributed by atoms with van der Waals surface area (Å²) in [4.78, 5) is 29.3. The predicted octanol–water partition coefficient (Wildman–Crippen LogP) is 4.35. The zero-order valence-corrected chi connectivity index (χ0v) is 17.1. The van der Waals surface area contributed by atoms with E-state index in [1.165, 1.54) is 0 Å². The van der Waals surface area contributed by atoms with Crippen LogP contribution in [0.15, 0.2) is 83.4 Å². The van der Waals surface area contributed by atoms with Crippen LogP contribution in [0, 0.1) is 0 Å². The van der Waals surface area contributed by atoms with Crippen LogP contribution < -0.4 is 10.1 Å². The predicted molar refractivity (Wildman–Crippen MR) is 116 cm³/mol. The molecular weight excluding hydrogens is 410 g/mol. The van der Waals surface area contributed by atoms with Gasteiger partial charge in [0.1, 0.15) is 5.75 Å². The maximum atomic E-state index is 12.6. The zero-order valence-electron chi connectivity index (χ0n) is 17.1. The van der Waals surface area contributed by atoms with Crippen molar-refractivity contribution in [2.45, 2.75) is 6.61 Å². The number of hydrogen-bond donors (Lipinski definition) is 1. The van der Waals surface area contributed by atoms with Crippen molar-refractivity contribution >= 4 is 17.6 Å². The number of amides is 1. The number of nitrogens with one attached hydrogen (secondary N) is 1. The highest BCUT2D eigenvalue weighted by Crippen LogP contribution is 2.21. The molecule has 4 aromatic rings. The van der Waals surface area contributed by atoms with E-state index in [1.807, 2.05) is 6.07 Å². The summed E-state index contributed by atoms with van der Waals surface area (Å²) in [6.45, 7) is -0.205. The Morgan fingerprint density at radius 1 is 0.938 bits per heavy atom. The number of rotatable bonds is 7. The van der Waals surface area contributed by atoms with Gasteiger partial charge in [-0.1, -0.05) is 35.5 Å². The monoisotopic (exact) mass is 429 g/mol. The molecule has 1 amide bonds. The lowest BCUT2D eigenvalue weighted by Crippen LogP contribution is -2.15. The molecule has 1 aromatic heterocycles. The maximum absolute atomic E-state index is 12.6. The molecule has 32 heavy (non-hydrogen) atoms. The van der Waals surface area contributed by atoms with Crippen LogP contribution in [0.5, 0.6) is 5.75 Å². The first-order chi connectivity index (χ1) is 15.6. The molecule has 0 aliphatic heterocycles. The van der Waals surface area contributed by atoms with Gasteiger partial charge in [-0.2, -0.15) is 4.98 Å². The van der Waals surface area contributed by atoms with Crippen LogP contribution in [0.1, 0.15) is 26.6 Å². The number of carbonyl (C=O) groups excluding carboxylic acids is 2. The summed E-state index contributed by atoms with van der Waals surface area (Å²) < 4.78 is 15.6. The number of aromatic nitrogens is 2. The van der Waals surface area contributed by atoms with Gasteiger partial charge in [0.2, 0.25) is 5.82 Å². The molecule has 160 valence electrons. The second kappa shape index (κ2) is 9.57. The summed E-state index contributed by atoms with van der Waals surface area (Å²) in [6, 6.07) is 22.5. The van der Waals surface area contributed by atoms with Crippen LogP contribution in [0.4, 0.5) is 5.69 Å². The van der Waals surface area contributed by atoms with E-state index in [9.17, 15) is 9.59 Å². The largest absolute Gasteiger partial charge is 0.497 e. The van der Waals surface area contributed by atoms with Crippen LogP contribution in [-0.4, -0.2) is 29.1 Å². The molecule has 0 saturated carbocycles. The summed E-state index contributed by atoms with van der Waals surface area (Å²) >= 11 is 0. The van der Waals surface area contributed by atoms with Crippen molar-refractivity contribution in [3.63, 3.8) is 0 Å². The van der Waals surface area contributed by atoms with Gasteiger partial charge in [0.05, 0.1) is 18.4 Å². The lowest BCUT2D eigenvalue weighted by Gasteiger charge is -2.10. The molecule has 8 heteroatoms. The van der Waals surface area contributed by atoms with Gasteiger partial charge >= 0.3 is 5.97 Å². The van der Waals surface area contributed by atoms with Crippen molar-refractivity contribution in [1.82, 2.24) is 10.1 Å². The lowest BCUT2D eigenvalue weighted by molar-refractivity contribution is 0.0431. The minimum absolute atomic E-state index is 0.148. The van der Waals surface area contributed by atoms with Crippen LogP contribution in [0.3, 0.4) is 0 Å². The molecule has 0 atom stereocenters. The smallest absolute Gasteiger partial charge is 0.340 e. The number of methoxy groups -OCH3 is 1. The summed E-state index contributed by atoms with van der Waals surface area (Å²) in [6.07, 6.45) is 0. The number of esters is 1. The molecule has 0 fully saturated rings. The van der Waals surface area contributed by atoms with Crippen LogP contribution in [-0.2, 0) is 11.3 Å². The van der Waals surface area contributed by atoms with Crippen molar-refractivity contribution in [2.75, 3.05) is 12.4 Å². The highest BCUT2D eigenvalue weighted by atomic mass is 16.6. The Labute approximate surface area is 183 Å². The summed E-state index contributed by atoms with van der Waals surface area (Å²) in [7, 11) is 1.58. The average Bonchev–Trinajstić information content (AvgIpc) is 3.32. The third kappa shape index (κ3) is 4.81. The van der Waals surface area contributed by atoms with Gasteiger partial charge in [0.15, 0.2) is 6.61 Å². The Balaban J connectivity index is 1.41. The van der Waals surface area contributed by atoms with E-state index >= 15 is 0 Å². The van der Waals surface area contributed by atoms with E-state index in [0.717, 1.165) is 5.56 Å². The number of ether oxygens (including phenoxy) is 2. The quantitative estimate of drug-likeness (QED) is 0.436. The first-order valence-corrected chi connectivity index (χ1v) is 9.73. The van der Waals surface area contributed by atoms with Crippen LogP contribution >= 0.6 is 0 Å². The molecule has 1 N–H and O–H groups in total. The van der Waals surface area contributed by atoms with Gasteiger partial charge in [-0.25, -0.2) is 4.79 Å². The Kier molecular flexibility index (Phi) is 6.22. The van der Waals surface area contributed by atoms with E-state index < -0.39 is 5.97 Å². The molecule has 0 unspecified atom stereocenters. The van der Waals surface area contributed by atoms with E-state index in [0.29, 0.717) is 22.8 Å². The summed E-state index contributed by atoms with van der Waals surface area (Å²) in [5, 5.41) is 6.65. The topological polar surface area (TPSA) is 104 Å². The molecule has 0 spiro atoms. The van der Waals surface area contributed by atoms with Crippen molar-refractivity contribution in [2.24, 2.45) is 0 Å². The Morgan fingerprint density at radius 3 is 2.41 bits per heavy atom. The molecule has 1 heterocycles. The Hall–Kier alpha value is -4.46. The highest BCUT2D eigenvalue weighted by molar-refractivity contribution is 6.07. The average molecular weight is 429 g/mol. The van der Waals surface area contributed by atoms with Gasteiger partial charge in [0, 0.05) is 11.1 Å². The second-order valence-electron chi connectivity index (χ2n) is 6.68. The fourth-order valence-corrected chi connectivity index (χ4v) is 2.93. The number of benzene rings is 3. The van der Waals surface area contributed by atoms with Gasteiger partial charge in [-0.05, 0) is 48.5 Å². The third-order valence-corrected chi connectivity index (χ3v) is 4.57. The lowest BCUT2D eigenvalue weighted by atomic mass is 10.1. The minimum atomic E-state index is -0.627.